The van der Waals surface area contributed by atoms with E-state index in [1.807, 2.05) is 0 Å². The highest BCUT2D eigenvalue weighted by Crippen LogP contribution is 2.19. The van der Waals surface area contributed by atoms with Crippen LogP contribution in [0.4, 0.5) is 5.69 Å². The van der Waals surface area contributed by atoms with Crippen molar-refractivity contribution in [3.8, 4) is 11.4 Å². The van der Waals surface area contributed by atoms with Gasteiger partial charge in [-0.1, -0.05) is 24.3 Å². The summed E-state index contributed by atoms with van der Waals surface area (Å²) in [6.07, 6.45) is 3.39. The zero-order chi connectivity index (χ0) is 20.4. The van der Waals surface area contributed by atoms with Gasteiger partial charge in [-0.2, -0.15) is 0 Å². The minimum atomic E-state index is -0.460. The van der Waals surface area contributed by atoms with Crippen LogP contribution in [0.25, 0.3) is 28.7 Å². The first-order valence-corrected chi connectivity index (χ1v) is 8.77. The van der Waals surface area contributed by atoms with Crippen molar-refractivity contribution in [3.05, 3.63) is 105 Å². The lowest BCUT2D eigenvalue weighted by Crippen LogP contribution is -2.22. The predicted molar refractivity (Wildman–Crippen MR) is 111 cm³/mol. The summed E-state index contributed by atoms with van der Waals surface area (Å²) in [5.41, 5.74) is 1.50. The number of nitro groups is 1. The quantitative estimate of drug-likeness (QED) is 0.420. The van der Waals surface area contributed by atoms with E-state index in [1.165, 1.54) is 28.8 Å². The van der Waals surface area contributed by atoms with Crippen molar-refractivity contribution in [1.29, 1.82) is 0 Å². The third-order valence-electron chi connectivity index (χ3n) is 4.42. The Morgan fingerprint density at radius 3 is 2.45 bits per heavy atom. The number of benzene rings is 3. The first-order valence-electron chi connectivity index (χ1n) is 8.77. The maximum Gasteiger partial charge on any atom is 0.269 e. The average Bonchev–Trinajstić information content (AvgIpc) is 2.72. The molecule has 7 heteroatoms. The summed E-state index contributed by atoms with van der Waals surface area (Å²) in [6, 6.07) is 19.5. The lowest BCUT2D eigenvalue weighted by Gasteiger charge is -2.11. The Balaban J connectivity index is 1.87. The van der Waals surface area contributed by atoms with Crippen LogP contribution in [-0.2, 0) is 0 Å². The number of aromatic nitrogens is 2. The van der Waals surface area contributed by atoms with Crippen molar-refractivity contribution in [2.45, 2.75) is 0 Å². The fourth-order valence-corrected chi connectivity index (χ4v) is 3.02. The number of hydrogen-bond acceptors (Lipinski definition) is 5. The molecule has 0 radical (unpaired) electrons. The van der Waals surface area contributed by atoms with Gasteiger partial charge in [0.2, 0.25) is 0 Å². The van der Waals surface area contributed by atoms with Crippen molar-refractivity contribution >= 4 is 28.7 Å². The second kappa shape index (κ2) is 7.40. The number of non-ortho nitro benzene ring substituents is 1. The fraction of sp³-hybridized carbons (Fsp3) is 0. The van der Waals surface area contributed by atoms with E-state index >= 15 is 0 Å². The first-order chi connectivity index (χ1) is 14.0. The van der Waals surface area contributed by atoms with Gasteiger partial charge in [-0.3, -0.25) is 19.5 Å². The van der Waals surface area contributed by atoms with E-state index in [0.717, 1.165) is 5.56 Å². The summed E-state index contributed by atoms with van der Waals surface area (Å²) < 4.78 is 1.42. The molecule has 0 amide bonds. The van der Waals surface area contributed by atoms with Gasteiger partial charge < -0.3 is 5.11 Å². The van der Waals surface area contributed by atoms with Crippen LogP contribution >= 0.6 is 0 Å². The first kappa shape index (κ1) is 18.1. The molecule has 0 aliphatic carbocycles. The van der Waals surface area contributed by atoms with Crippen molar-refractivity contribution in [3.63, 3.8) is 0 Å². The van der Waals surface area contributed by atoms with Crippen molar-refractivity contribution < 1.29 is 10.0 Å². The van der Waals surface area contributed by atoms with E-state index in [0.29, 0.717) is 22.4 Å². The number of nitrogens with zero attached hydrogens (tertiary/aromatic N) is 3. The topological polar surface area (TPSA) is 98.3 Å². The number of phenolic OH excluding ortho intramolecular Hbond substituents is 1. The maximum atomic E-state index is 13.1. The van der Waals surface area contributed by atoms with Crippen molar-refractivity contribution in [2.24, 2.45) is 0 Å². The third kappa shape index (κ3) is 3.61. The van der Waals surface area contributed by atoms with Crippen LogP contribution in [0.15, 0.2) is 77.6 Å². The van der Waals surface area contributed by atoms with E-state index in [4.69, 9.17) is 0 Å². The van der Waals surface area contributed by atoms with E-state index in [2.05, 4.69) is 4.98 Å². The molecular formula is C22H15N3O4. The Labute approximate surface area is 165 Å². The number of nitro benzene ring substituents is 1. The summed E-state index contributed by atoms with van der Waals surface area (Å²) in [7, 11) is 0. The molecule has 0 fully saturated rings. The van der Waals surface area contributed by atoms with Crippen LogP contribution < -0.4 is 5.56 Å². The molecule has 0 aliphatic heterocycles. The van der Waals surface area contributed by atoms with Gasteiger partial charge in [0, 0.05) is 18.2 Å². The van der Waals surface area contributed by atoms with Crippen LogP contribution in [-0.4, -0.2) is 19.6 Å². The number of fused-ring (bicyclic) bond motifs is 1. The minimum Gasteiger partial charge on any atom is -0.508 e. The third-order valence-corrected chi connectivity index (χ3v) is 4.42. The highest BCUT2D eigenvalue weighted by Gasteiger charge is 2.11. The predicted octanol–water partition coefficient (Wildman–Crippen LogP) is 4.17. The monoisotopic (exact) mass is 385 g/mol. The van der Waals surface area contributed by atoms with Crippen molar-refractivity contribution in [1.82, 2.24) is 9.55 Å². The highest BCUT2D eigenvalue weighted by atomic mass is 16.6. The normalized spacial score (nSPS) is 11.2. The number of para-hydroxylation sites is 1. The maximum absolute atomic E-state index is 13.1. The summed E-state index contributed by atoms with van der Waals surface area (Å²) in [6.45, 7) is 0. The Bertz CT molecular complexity index is 1310. The molecule has 3 aromatic carbocycles. The Morgan fingerprint density at radius 1 is 0.966 bits per heavy atom. The summed E-state index contributed by atoms with van der Waals surface area (Å²) in [4.78, 5) is 28.1. The summed E-state index contributed by atoms with van der Waals surface area (Å²) in [5.74, 6) is 0.408. The zero-order valence-electron chi connectivity index (χ0n) is 15.1. The average molecular weight is 385 g/mol. The number of phenols is 1. The van der Waals surface area contributed by atoms with Gasteiger partial charge >= 0.3 is 0 Å². The van der Waals surface area contributed by atoms with E-state index in [1.54, 1.807) is 60.7 Å². The Hall–Kier alpha value is -4.26. The molecular weight excluding hydrogens is 370 g/mol. The summed E-state index contributed by atoms with van der Waals surface area (Å²) in [5, 5.41) is 21.1. The van der Waals surface area contributed by atoms with E-state index in [9.17, 15) is 20.0 Å². The molecule has 4 aromatic rings. The van der Waals surface area contributed by atoms with Gasteiger partial charge in [0.1, 0.15) is 11.6 Å². The molecule has 1 aromatic heterocycles. The zero-order valence-corrected chi connectivity index (χ0v) is 15.1. The molecule has 29 heavy (non-hydrogen) atoms. The van der Waals surface area contributed by atoms with Gasteiger partial charge in [-0.25, -0.2) is 4.98 Å². The SMILES string of the molecule is O=c1c2ccccc2nc(/C=C/c2ccc([N+](=O)[O-])cc2)n1-c1cccc(O)c1. The smallest absolute Gasteiger partial charge is 0.269 e. The molecule has 1 N–H and O–H groups in total. The largest absolute Gasteiger partial charge is 0.508 e. The minimum absolute atomic E-state index is 0.00245. The highest BCUT2D eigenvalue weighted by molar-refractivity contribution is 5.80. The second-order valence-corrected chi connectivity index (χ2v) is 6.33. The van der Waals surface area contributed by atoms with Gasteiger partial charge in [-0.05, 0) is 48.0 Å². The Kier molecular flexibility index (Phi) is 4.62. The molecule has 4 rings (SSSR count). The van der Waals surface area contributed by atoms with E-state index < -0.39 is 4.92 Å². The van der Waals surface area contributed by atoms with Gasteiger partial charge in [-0.15, -0.1) is 0 Å². The van der Waals surface area contributed by atoms with Crippen LogP contribution in [0.3, 0.4) is 0 Å². The molecule has 7 nitrogen and oxygen atoms in total. The molecule has 0 aliphatic rings. The fourth-order valence-electron chi connectivity index (χ4n) is 3.02. The second-order valence-electron chi connectivity index (χ2n) is 6.33. The summed E-state index contributed by atoms with van der Waals surface area (Å²) >= 11 is 0. The van der Waals surface area contributed by atoms with Gasteiger partial charge in [0.25, 0.3) is 11.2 Å². The molecule has 0 saturated carbocycles. The number of hydrogen-bond donors (Lipinski definition) is 1. The molecule has 0 atom stereocenters. The van der Waals surface area contributed by atoms with Crippen LogP contribution in [0, 0.1) is 10.1 Å². The number of aromatic hydroxyl groups is 1. The molecule has 0 unspecified atom stereocenters. The molecule has 1 heterocycles. The lowest BCUT2D eigenvalue weighted by molar-refractivity contribution is -0.384. The number of rotatable bonds is 4. The van der Waals surface area contributed by atoms with E-state index in [-0.39, 0.29) is 17.0 Å². The standard InChI is InChI=1S/C22H15N3O4/c26-18-5-3-4-17(14-18)24-21(23-20-7-2-1-6-19(20)22(24)27)13-10-15-8-11-16(12-9-15)25(28)29/h1-14,26H/b13-10+. The lowest BCUT2D eigenvalue weighted by atomic mass is 10.2. The van der Waals surface area contributed by atoms with Crippen LogP contribution in [0.1, 0.15) is 11.4 Å². The van der Waals surface area contributed by atoms with Gasteiger partial charge in [0.15, 0.2) is 0 Å². The van der Waals surface area contributed by atoms with Crippen LogP contribution in [0.5, 0.6) is 5.75 Å². The van der Waals surface area contributed by atoms with Crippen molar-refractivity contribution in [2.75, 3.05) is 0 Å². The molecule has 0 saturated heterocycles. The molecule has 0 bridgehead atoms. The molecule has 0 spiro atoms. The van der Waals surface area contributed by atoms with Crippen LogP contribution in [0.2, 0.25) is 0 Å². The molecule has 142 valence electrons. The Morgan fingerprint density at radius 2 is 1.72 bits per heavy atom. The van der Waals surface area contributed by atoms with Gasteiger partial charge in [0.05, 0.1) is 21.5 Å².